The van der Waals surface area contributed by atoms with Crippen LogP contribution in [0.4, 0.5) is 0 Å². The van der Waals surface area contributed by atoms with E-state index in [2.05, 4.69) is 11.8 Å². The molecule has 3 rings (SSSR count). The van der Waals surface area contributed by atoms with Crippen molar-refractivity contribution in [2.75, 3.05) is 26.3 Å². The average molecular weight is 279 g/mol. The van der Waals surface area contributed by atoms with Gasteiger partial charge in [-0.3, -0.25) is 9.69 Å². The van der Waals surface area contributed by atoms with E-state index in [4.69, 9.17) is 4.74 Å². The van der Waals surface area contributed by atoms with Gasteiger partial charge in [-0.1, -0.05) is 12.8 Å². The van der Waals surface area contributed by atoms with Crippen molar-refractivity contribution in [3.05, 3.63) is 21.9 Å². The van der Waals surface area contributed by atoms with Gasteiger partial charge < -0.3 is 4.74 Å². The lowest BCUT2D eigenvalue weighted by molar-refractivity contribution is -0.0130. The summed E-state index contributed by atoms with van der Waals surface area (Å²) in [6.07, 6.45) is 4.37. The second kappa shape index (κ2) is 5.35. The van der Waals surface area contributed by atoms with Crippen molar-refractivity contribution < 1.29 is 9.53 Å². The first-order chi connectivity index (χ1) is 9.22. The summed E-state index contributed by atoms with van der Waals surface area (Å²) >= 11 is 1.67. The largest absolute Gasteiger partial charge is 0.379 e. The molecule has 104 valence electrons. The molecule has 19 heavy (non-hydrogen) atoms. The Hall–Kier alpha value is -0.710. The molecular weight excluding hydrogens is 258 g/mol. The molecule has 0 aromatic carbocycles. The zero-order valence-electron chi connectivity index (χ0n) is 11.5. The van der Waals surface area contributed by atoms with E-state index < -0.39 is 0 Å². The lowest BCUT2D eigenvalue weighted by Gasteiger charge is -2.42. The van der Waals surface area contributed by atoms with Crippen LogP contribution < -0.4 is 0 Å². The Labute approximate surface area is 118 Å². The van der Waals surface area contributed by atoms with Crippen molar-refractivity contribution in [2.45, 2.75) is 38.1 Å². The summed E-state index contributed by atoms with van der Waals surface area (Å²) in [6, 6.07) is 2.05. The number of hydrogen-bond donors (Lipinski definition) is 0. The van der Waals surface area contributed by atoms with Crippen molar-refractivity contribution in [1.29, 1.82) is 0 Å². The first-order valence-electron chi connectivity index (χ1n) is 7.15. The van der Waals surface area contributed by atoms with Crippen molar-refractivity contribution in [3.63, 3.8) is 0 Å². The van der Waals surface area contributed by atoms with Crippen LogP contribution in [0.5, 0.6) is 0 Å². The van der Waals surface area contributed by atoms with Crippen LogP contribution in [-0.2, 0) is 4.74 Å². The number of carbonyl (C=O) groups excluding carboxylic acids is 1. The maximum Gasteiger partial charge on any atom is 0.183 e. The molecule has 0 spiro atoms. The van der Waals surface area contributed by atoms with E-state index in [0.717, 1.165) is 44.7 Å². The van der Waals surface area contributed by atoms with Gasteiger partial charge in [-0.25, -0.2) is 0 Å². The van der Waals surface area contributed by atoms with Crippen LogP contribution in [-0.4, -0.2) is 42.5 Å². The number of nitrogens with zero attached hydrogens (tertiary/aromatic N) is 1. The fourth-order valence-electron chi connectivity index (χ4n) is 3.47. The number of hydrogen-bond acceptors (Lipinski definition) is 4. The van der Waals surface area contributed by atoms with E-state index in [9.17, 15) is 4.79 Å². The summed E-state index contributed by atoms with van der Waals surface area (Å²) in [5, 5.41) is 2.03. The topological polar surface area (TPSA) is 29.5 Å². The lowest BCUT2D eigenvalue weighted by atomic mass is 9.86. The molecule has 3 nitrogen and oxygen atoms in total. The van der Waals surface area contributed by atoms with E-state index >= 15 is 0 Å². The predicted molar refractivity (Wildman–Crippen MR) is 77.0 cm³/mol. The molecule has 1 aromatic rings. The van der Waals surface area contributed by atoms with Crippen LogP contribution in [0.15, 0.2) is 11.4 Å². The van der Waals surface area contributed by atoms with Crippen LogP contribution in [0.3, 0.4) is 0 Å². The van der Waals surface area contributed by atoms with Gasteiger partial charge in [0, 0.05) is 28.9 Å². The molecule has 0 amide bonds. The molecule has 0 atom stereocenters. The Bertz CT molecular complexity index is 456. The van der Waals surface area contributed by atoms with Crippen LogP contribution in [0, 0.1) is 6.92 Å². The molecule has 2 aliphatic rings. The molecule has 2 heterocycles. The van der Waals surface area contributed by atoms with Crippen molar-refractivity contribution >= 4 is 17.1 Å². The summed E-state index contributed by atoms with van der Waals surface area (Å²) in [6.45, 7) is 5.39. The number of aryl methyl sites for hydroxylation is 1. The van der Waals surface area contributed by atoms with Gasteiger partial charge in [0.1, 0.15) is 0 Å². The number of Topliss-reactive ketones (excluding diaryl/α,β-unsaturated/α-hetero) is 1. The first kappa shape index (κ1) is 13.3. The SMILES string of the molecule is Cc1cc(C(=O)C2(N3CCOCC3)CCCC2)cs1. The highest BCUT2D eigenvalue weighted by Gasteiger charge is 2.46. The molecule has 2 fully saturated rings. The third-order valence-electron chi connectivity index (χ3n) is 4.46. The fraction of sp³-hybridized carbons (Fsp3) is 0.667. The Morgan fingerprint density at radius 3 is 2.58 bits per heavy atom. The monoisotopic (exact) mass is 279 g/mol. The zero-order valence-corrected chi connectivity index (χ0v) is 12.3. The van der Waals surface area contributed by atoms with E-state index in [1.54, 1.807) is 11.3 Å². The molecule has 0 unspecified atom stereocenters. The Kier molecular flexibility index (Phi) is 3.74. The van der Waals surface area contributed by atoms with Crippen LogP contribution in [0.1, 0.15) is 40.9 Å². The highest BCUT2D eigenvalue weighted by Crippen LogP contribution is 2.39. The molecule has 1 saturated heterocycles. The van der Waals surface area contributed by atoms with Gasteiger partial charge in [0.25, 0.3) is 0 Å². The molecule has 1 saturated carbocycles. The fourth-order valence-corrected chi connectivity index (χ4v) is 4.15. The second-order valence-corrected chi connectivity index (χ2v) is 6.73. The second-order valence-electron chi connectivity index (χ2n) is 5.61. The maximum absolute atomic E-state index is 13.0. The third kappa shape index (κ3) is 2.37. The molecule has 0 N–H and O–H groups in total. The molecule has 0 bridgehead atoms. The summed E-state index contributed by atoms with van der Waals surface area (Å²) in [7, 11) is 0. The highest BCUT2D eigenvalue weighted by molar-refractivity contribution is 7.10. The summed E-state index contributed by atoms with van der Waals surface area (Å²) < 4.78 is 5.44. The molecule has 1 aromatic heterocycles. The molecule has 1 aliphatic heterocycles. The Morgan fingerprint density at radius 2 is 2.00 bits per heavy atom. The van der Waals surface area contributed by atoms with Gasteiger partial charge in [-0.2, -0.15) is 0 Å². The maximum atomic E-state index is 13.0. The van der Waals surface area contributed by atoms with Gasteiger partial charge in [-0.15, -0.1) is 11.3 Å². The van der Waals surface area contributed by atoms with Gasteiger partial charge in [0.05, 0.1) is 18.8 Å². The van der Waals surface area contributed by atoms with Gasteiger partial charge >= 0.3 is 0 Å². The standard InChI is InChI=1S/C15H21NO2S/c1-12-10-13(11-19-12)14(17)15(4-2-3-5-15)16-6-8-18-9-7-16/h10-11H,2-9H2,1H3. The number of morpholine rings is 1. The quantitative estimate of drug-likeness (QED) is 0.797. The Balaban J connectivity index is 1.89. The molecular formula is C15H21NO2S. The van der Waals surface area contributed by atoms with E-state index in [0.29, 0.717) is 5.78 Å². The van der Waals surface area contributed by atoms with E-state index in [-0.39, 0.29) is 5.54 Å². The predicted octanol–water partition coefficient (Wildman–Crippen LogP) is 2.88. The van der Waals surface area contributed by atoms with Gasteiger partial charge in [-0.05, 0) is 25.8 Å². The minimum Gasteiger partial charge on any atom is -0.379 e. The number of carbonyl (C=O) groups is 1. The van der Waals surface area contributed by atoms with E-state index in [1.807, 2.05) is 11.4 Å². The number of thiophene rings is 1. The first-order valence-corrected chi connectivity index (χ1v) is 8.03. The van der Waals surface area contributed by atoms with Gasteiger partial charge in [0.15, 0.2) is 5.78 Å². The summed E-state index contributed by atoms with van der Waals surface area (Å²) in [5.74, 6) is 0.344. The minimum atomic E-state index is -0.239. The van der Waals surface area contributed by atoms with Crippen LogP contribution in [0.25, 0.3) is 0 Å². The normalized spacial score (nSPS) is 23.6. The van der Waals surface area contributed by atoms with Crippen LogP contribution in [0.2, 0.25) is 0 Å². The number of rotatable bonds is 3. The van der Waals surface area contributed by atoms with Crippen molar-refractivity contribution in [2.24, 2.45) is 0 Å². The molecule has 0 radical (unpaired) electrons. The highest BCUT2D eigenvalue weighted by atomic mass is 32.1. The third-order valence-corrected chi connectivity index (χ3v) is 5.32. The number of ketones is 1. The Morgan fingerprint density at radius 1 is 1.32 bits per heavy atom. The number of ether oxygens (including phenoxy) is 1. The molecule has 1 aliphatic carbocycles. The van der Waals surface area contributed by atoms with Crippen molar-refractivity contribution in [3.8, 4) is 0 Å². The van der Waals surface area contributed by atoms with Crippen molar-refractivity contribution in [1.82, 2.24) is 4.90 Å². The lowest BCUT2D eigenvalue weighted by Crippen LogP contribution is -2.56. The van der Waals surface area contributed by atoms with E-state index in [1.165, 1.54) is 17.7 Å². The van der Waals surface area contributed by atoms with Gasteiger partial charge in [0.2, 0.25) is 0 Å². The minimum absolute atomic E-state index is 0.239. The molecule has 4 heteroatoms. The smallest absolute Gasteiger partial charge is 0.183 e. The summed E-state index contributed by atoms with van der Waals surface area (Å²) in [5.41, 5.74) is 0.674. The average Bonchev–Trinajstić information content (AvgIpc) is 3.08. The zero-order chi connectivity index (χ0) is 13.3. The summed E-state index contributed by atoms with van der Waals surface area (Å²) in [4.78, 5) is 16.6. The van der Waals surface area contributed by atoms with Crippen LogP contribution >= 0.6 is 11.3 Å².